The number of benzene rings is 1. The highest BCUT2D eigenvalue weighted by Gasteiger charge is 2.03. The molecule has 1 aromatic carbocycles. The zero-order valence-electron chi connectivity index (χ0n) is 8.80. The van der Waals surface area contributed by atoms with Gasteiger partial charge in [0.1, 0.15) is 17.4 Å². The third-order valence-electron chi connectivity index (χ3n) is 1.97. The van der Waals surface area contributed by atoms with Gasteiger partial charge in [0, 0.05) is 6.42 Å². The monoisotopic (exact) mass is 235 g/mol. The fraction of sp³-hybridized carbons (Fsp3) is 0.273. The fourth-order valence-corrected chi connectivity index (χ4v) is 2.01. The SMILES string of the molecule is NCCc1nnc(COc2ccccc2)s1. The molecular weight excluding hydrogens is 222 g/mol. The molecule has 0 bridgehead atoms. The van der Waals surface area contributed by atoms with Crippen LogP contribution in [0.1, 0.15) is 10.0 Å². The van der Waals surface area contributed by atoms with E-state index in [1.165, 1.54) is 0 Å². The molecule has 1 heterocycles. The summed E-state index contributed by atoms with van der Waals surface area (Å²) >= 11 is 1.55. The Morgan fingerprint density at radius 3 is 2.62 bits per heavy atom. The van der Waals surface area contributed by atoms with Crippen LogP contribution in [0.25, 0.3) is 0 Å². The zero-order chi connectivity index (χ0) is 11.2. The van der Waals surface area contributed by atoms with Gasteiger partial charge in [-0.15, -0.1) is 10.2 Å². The van der Waals surface area contributed by atoms with Crippen molar-refractivity contribution in [2.45, 2.75) is 13.0 Å². The molecule has 0 aliphatic rings. The molecule has 5 heteroatoms. The molecule has 0 saturated heterocycles. The highest BCUT2D eigenvalue weighted by atomic mass is 32.1. The van der Waals surface area contributed by atoms with Gasteiger partial charge in [0.25, 0.3) is 0 Å². The third-order valence-corrected chi connectivity index (χ3v) is 2.93. The van der Waals surface area contributed by atoms with E-state index in [1.54, 1.807) is 11.3 Å². The number of ether oxygens (including phenoxy) is 1. The second kappa shape index (κ2) is 5.58. The van der Waals surface area contributed by atoms with E-state index in [9.17, 15) is 0 Å². The van der Waals surface area contributed by atoms with Gasteiger partial charge in [-0.05, 0) is 18.7 Å². The quantitative estimate of drug-likeness (QED) is 0.855. The summed E-state index contributed by atoms with van der Waals surface area (Å²) in [7, 11) is 0. The summed E-state index contributed by atoms with van der Waals surface area (Å²) in [5.74, 6) is 0.845. The summed E-state index contributed by atoms with van der Waals surface area (Å²) in [5, 5.41) is 9.91. The first-order chi connectivity index (χ1) is 7.88. The van der Waals surface area contributed by atoms with Crippen molar-refractivity contribution in [1.29, 1.82) is 0 Å². The molecule has 0 aliphatic heterocycles. The molecule has 0 unspecified atom stereocenters. The Bertz CT molecular complexity index is 430. The van der Waals surface area contributed by atoms with E-state index in [-0.39, 0.29) is 0 Å². The average Bonchev–Trinajstić information content (AvgIpc) is 2.76. The predicted octanol–water partition coefficient (Wildman–Crippen LogP) is 1.62. The molecule has 2 rings (SSSR count). The molecular formula is C11H13N3OS. The summed E-state index contributed by atoms with van der Waals surface area (Å²) in [6.45, 7) is 1.07. The molecule has 16 heavy (non-hydrogen) atoms. The topological polar surface area (TPSA) is 61.0 Å². The van der Waals surface area contributed by atoms with Gasteiger partial charge < -0.3 is 10.5 Å². The summed E-state index contributed by atoms with van der Waals surface area (Å²) < 4.78 is 5.56. The van der Waals surface area contributed by atoms with Gasteiger partial charge in [-0.3, -0.25) is 0 Å². The van der Waals surface area contributed by atoms with E-state index in [4.69, 9.17) is 10.5 Å². The van der Waals surface area contributed by atoms with E-state index in [0.717, 1.165) is 22.2 Å². The van der Waals surface area contributed by atoms with Crippen molar-refractivity contribution in [1.82, 2.24) is 10.2 Å². The molecule has 84 valence electrons. The first kappa shape index (κ1) is 11.0. The molecule has 0 amide bonds. The molecule has 0 radical (unpaired) electrons. The Hall–Kier alpha value is -1.46. The maximum atomic E-state index is 5.56. The normalized spacial score (nSPS) is 10.3. The summed E-state index contributed by atoms with van der Waals surface area (Å²) in [4.78, 5) is 0. The molecule has 0 fully saturated rings. The van der Waals surface area contributed by atoms with Crippen molar-refractivity contribution in [3.05, 3.63) is 40.3 Å². The van der Waals surface area contributed by atoms with Crippen LogP contribution < -0.4 is 10.5 Å². The van der Waals surface area contributed by atoms with Crippen LogP contribution >= 0.6 is 11.3 Å². The molecule has 2 N–H and O–H groups in total. The Morgan fingerprint density at radius 2 is 1.88 bits per heavy atom. The molecule has 1 aromatic heterocycles. The van der Waals surface area contributed by atoms with E-state index in [0.29, 0.717) is 13.2 Å². The van der Waals surface area contributed by atoms with Crippen molar-refractivity contribution in [2.24, 2.45) is 5.73 Å². The van der Waals surface area contributed by atoms with Crippen molar-refractivity contribution in [3.8, 4) is 5.75 Å². The Labute approximate surface area is 98.1 Å². The molecule has 0 saturated carbocycles. The zero-order valence-corrected chi connectivity index (χ0v) is 9.61. The number of hydrogen-bond acceptors (Lipinski definition) is 5. The van der Waals surface area contributed by atoms with Crippen LogP contribution in [0.4, 0.5) is 0 Å². The molecule has 2 aromatic rings. The number of nitrogens with zero attached hydrogens (tertiary/aromatic N) is 2. The minimum atomic E-state index is 0.465. The lowest BCUT2D eigenvalue weighted by atomic mass is 10.3. The van der Waals surface area contributed by atoms with Crippen LogP contribution in [0, 0.1) is 0 Å². The summed E-state index contributed by atoms with van der Waals surface area (Å²) in [6.07, 6.45) is 0.781. The highest BCUT2D eigenvalue weighted by molar-refractivity contribution is 7.11. The van der Waals surface area contributed by atoms with Gasteiger partial charge in [0.05, 0.1) is 0 Å². The van der Waals surface area contributed by atoms with Gasteiger partial charge in [0.2, 0.25) is 0 Å². The smallest absolute Gasteiger partial charge is 0.155 e. The summed E-state index contributed by atoms with van der Waals surface area (Å²) in [6, 6.07) is 9.67. The minimum absolute atomic E-state index is 0.465. The van der Waals surface area contributed by atoms with Gasteiger partial charge in [-0.2, -0.15) is 0 Å². The molecule has 0 spiro atoms. The Morgan fingerprint density at radius 1 is 1.12 bits per heavy atom. The van der Waals surface area contributed by atoms with Crippen LogP contribution in [0.3, 0.4) is 0 Å². The minimum Gasteiger partial charge on any atom is -0.486 e. The van der Waals surface area contributed by atoms with Crippen LogP contribution in [-0.4, -0.2) is 16.7 Å². The lowest BCUT2D eigenvalue weighted by Crippen LogP contribution is -2.01. The number of nitrogens with two attached hydrogens (primary N) is 1. The van der Waals surface area contributed by atoms with Crippen LogP contribution in [0.5, 0.6) is 5.75 Å². The fourth-order valence-electron chi connectivity index (χ4n) is 1.23. The van der Waals surface area contributed by atoms with E-state index in [2.05, 4.69) is 10.2 Å². The lowest BCUT2D eigenvalue weighted by Gasteiger charge is -2.01. The third kappa shape index (κ3) is 3.01. The van der Waals surface area contributed by atoms with Gasteiger partial charge in [-0.25, -0.2) is 0 Å². The van der Waals surface area contributed by atoms with Gasteiger partial charge >= 0.3 is 0 Å². The van der Waals surface area contributed by atoms with Gasteiger partial charge in [0.15, 0.2) is 5.01 Å². The Balaban J connectivity index is 1.89. The molecule has 0 aliphatic carbocycles. The van der Waals surface area contributed by atoms with Crippen molar-refractivity contribution < 1.29 is 4.74 Å². The van der Waals surface area contributed by atoms with Gasteiger partial charge in [-0.1, -0.05) is 29.5 Å². The van der Waals surface area contributed by atoms with Crippen LogP contribution in [0.2, 0.25) is 0 Å². The predicted molar refractivity (Wildman–Crippen MR) is 63.4 cm³/mol. The lowest BCUT2D eigenvalue weighted by molar-refractivity contribution is 0.304. The first-order valence-corrected chi connectivity index (χ1v) is 5.89. The van der Waals surface area contributed by atoms with Crippen LogP contribution in [-0.2, 0) is 13.0 Å². The Kier molecular flexibility index (Phi) is 3.85. The summed E-state index contributed by atoms with van der Waals surface area (Å²) in [5.41, 5.74) is 5.44. The second-order valence-corrected chi connectivity index (χ2v) is 4.38. The van der Waals surface area contributed by atoms with E-state index >= 15 is 0 Å². The number of hydrogen-bond donors (Lipinski definition) is 1. The van der Waals surface area contributed by atoms with E-state index in [1.807, 2.05) is 30.3 Å². The molecule has 4 nitrogen and oxygen atoms in total. The number of rotatable bonds is 5. The largest absolute Gasteiger partial charge is 0.486 e. The van der Waals surface area contributed by atoms with E-state index < -0.39 is 0 Å². The van der Waals surface area contributed by atoms with Crippen molar-refractivity contribution >= 4 is 11.3 Å². The van der Waals surface area contributed by atoms with Crippen molar-refractivity contribution in [3.63, 3.8) is 0 Å². The maximum Gasteiger partial charge on any atom is 0.155 e. The van der Waals surface area contributed by atoms with Crippen molar-refractivity contribution in [2.75, 3.05) is 6.54 Å². The average molecular weight is 235 g/mol. The van der Waals surface area contributed by atoms with Crippen LogP contribution in [0.15, 0.2) is 30.3 Å². The standard InChI is InChI=1S/C11H13N3OS/c12-7-6-10-13-14-11(16-10)8-15-9-4-2-1-3-5-9/h1-5H,6-8,12H2. The number of aromatic nitrogens is 2. The number of para-hydroxylation sites is 1. The highest BCUT2D eigenvalue weighted by Crippen LogP contribution is 2.14. The second-order valence-electron chi connectivity index (χ2n) is 3.23. The molecule has 0 atom stereocenters. The first-order valence-electron chi connectivity index (χ1n) is 5.07. The maximum absolute atomic E-state index is 5.56.